The van der Waals surface area contributed by atoms with Gasteiger partial charge in [-0.15, -0.1) is 0 Å². The Bertz CT molecular complexity index is 1560. The lowest BCUT2D eigenvalue weighted by molar-refractivity contribution is -0.115. The number of Topliss-reactive ketones (excluding diaryl/α,β-unsaturated/α-hetero) is 2. The summed E-state index contributed by atoms with van der Waals surface area (Å²) in [6.45, 7) is 27.5. The minimum Gasteiger partial charge on any atom is -0.390 e. The lowest BCUT2D eigenvalue weighted by Gasteiger charge is -2.26. The summed E-state index contributed by atoms with van der Waals surface area (Å²) < 4.78 is 0. The van der Waals surface area contributed by atoms with Gasteiger partial charge < -0.3 is 15.3 Å². The molecule has 318 valence electrons. The second kappa shape index (κ2) is 17.0. The van der Waals surface area contributed by atoms with Crippen LogP contribution >= 0.6 is 0 Å². The van der Waals surface area contributed by atoms with Crippen LogP contribution in [0.1, 0.15) is 199 Å². The van der Waals surface area contributed by atoms with Gasteiger partial charge in [-0.1, -0.05) is 72.6 Å². The van der Waals surface area contributed by atoms with Gasteiger partial charge in [0.15, 0.2) is 17.3 Å². The monoisotopic (exact) mass is 779 g/mol. The van der Waals surface area contributed by atoms with E-state index in [1.807, 2.05) is 40.7 Å². The number of aliphatic hydroxyl groups is 3. The molecular formula is C50H82O6. The number of carbonyl (C=O) groups excluding carboxylic acids is 3. The summed E-state index contributed by atoms with van der Waals surface area (Å²) in [6.07, 6.45) is 21.9. The van der Waals surface area contributed by atoms with E-state index in [1.165, 1.54) is 56.1 Å². The van der Waals surface area contributed by atoms with E-state index in [4.69, 9.17) is 0 Å². The first-order valence-electron chi connectivity index (χ1n) is 22.6. The molecule has 6 saturated carbocycles. The number of hydrogen-bond donors (Lipinski definition) is 3. The van der Waals surface area contributed by atoms with Gasteiger partial charge in [-0.2, -0.15) is 0 Å². The van der Waals surface area contributed by atoms with E-state index in [2.05, 4.69) is 55.4 Å². The van der Waals surface area contributed by atoms with Gasteiger partial charge in [0, 0.05) is 24.7 Å². The van der Waals surface area contributed by atoms with Gasteiger partial charge in [-0.05, 0) is 182 Å². The zero-order chi connectivity index (χ0) is 42.3. The van der Waals surface area contributed by atoms with Crippen LogP contribution in [0.2, 0.25) is 0 Å². The first-order valence-corrected chi connectivity index (χ1v) is 22.6. The fraction of sp³-hybridized carbons (Fsp3) is 0.820. The van der Waals surface area contributed by atoms with Crippen LogP contribution in [0, 0.1) is 45.3 Å². The average molecular weight is 779 g/mol. The van der Waals surface area contributed by atoms with Crippen LogP contribution in [0.5, 0.6) is 0 Å². The molecule has 0 aromatic heterocycles. The number of fused-ring (bicyclic) bond motifs is 3. The zero-order valence-corrected chi connectivity index (χ0v) is 38.1. The maximum absolute atomic E-state index is 10.9. The van der Waals surface area contributed by atoms with Crippen LogP contribution in [-0.4, -0.2) is 49.5 Å². The molecule has 0 amide bonds. The molecule has 9 rings (SSSR count). The SMILES string of the molecule is CC(C)C1=CC(=O)CC1.CC(C)[C@@]12CC[C@](C)(O)[C@@H]1C2.CC1=CCCC1=O.CCC1=C(C)C(=O)CC1.CC[C@]12CC[C@@](C)(O)[C@@]1(C)C2.C[C@]12C[C@H]1CC[C@@]2(C)O. The van der Waals surface area contributed by atoms with E-state index in [0.29, 0.717) is 45.4 Å². The van der Waals surface area contributed by atoms with Crippen LogP contribution in [0.25, 0.3) is 0 Å². The quantitative estimate of drug-likeness (QED) is 0.262. The van der Waals surface area contributed by atoms with E-state index in [-0.39, 0.29) is 22.2 Å². The van der Waals surface area contributed by atoms with Crippen molar-refractivity contribution in [3.63, 3.8) is 0 Å². The van der Waals surface area contributed by atoms with Gasteiger partial charge in [0.05, 0.1) is 16.8 Å². The second-order valence-electron chi connectivity index (χ2n) is 21.2. The van der Waals surface area contributed by atoms with Crippen molar-refractivity contribution in [2.45, 2.75) is 216 Å². The van der Waals surface area contributed by atoms with Crippen molar-refractivity contribution in [2.75, 3.05) is 0 Å². The Morgan fingerprint density at radius 3 is 1.59 bits per heavy atom. The third-order valence-corrected chi connectivity index (χ3v) is 17.5. The number of carbonyl (C=O) groups is 3. The molecule has 9 aliphatic carbocycles. The molecule has 0 spiro atoms. The highest BCUT2D eigenvalue weighted by molar-refractivity contribution is 5.98. The summed E-state index contributed by atoms with van der Waals surface area (Å²) in [5, 5.41) is 29.7. The van der Waals surface area contributed by atoms with Gasteiger partial charge in [0.1, 0.15) is 0 Å². The molecule has 0 saturated heterocycles. The summed E-state index contributed by atoms with van der Waals surface area (Å²) >= 11 is 0. The largest absolute Gasteiger partial charge is 0.390 e. The molecule has 0 aliphatic heterocycles. The summed E-state index contributed by atoms with van der Waals surface area (Å²) in [5.74, 6) is 3.78. The second-order valence-corrected chi connectivity index (χ2v) is 21.2. The Morgan fingerprint density at radius 1 is 0.750 bits per heavy atom. The first kappa shape index (κ1) is 46.8. The van der Waals surface area contributed by atoms with E-state index >= 15 is 0 Å². The van der Waals surface area contributed by atoms with E-state index in [0.717, 1.165) is 87.2 Å². The van der Waals surface area contributed by atoms with Gasteiger partial charge >= 0.3 is 0 Å². The highest BCUT2D eigenvalue weighted by Gasteiger charge is 2.74. The molecule has 9 atom stereocenters. The van der Waals surface area contributed by atoms with Crippen molar-refractivity contribution in [3.8, 4) is 0 Å². The molecule has 0 radical (unpaired) electrons. The first-order chi connectivity index (χ1) is 25.8. The summed E-state index contributed by atoms with van der Waals surface area (Å²) in [5.41, 5.74) is 5.25. The van der Waals surface area contributed by atoms with Crippen LogP contribution in [-0.2, 0) is 14.4 Å². The average Bonchev–Trinajstić information content (AvgIpc) is 3.95. The minimum atomic E-state index is -0.372. The fourth-order valence-electron chi connectivity index (χ4n) is 11.6. The normalized spacial score (nSPS) is 41.7. The molecule has 56 heavy (non-hydrogen) atoms. The van der Waals surface area contributed by atoms with Gasteiger partial charge in [0.25, 0.3) is 0 Å². The Hall–Kier alpha value is -1.89. The molecule has 6 fully saturated rings. The molecule has 0 bridgehead atoms. The molecule has 0 heterocycles. The van der Waals surface area contributed by atoms with Gasteiger partial charge in [-0.3, -0.25) is 14.4 Å². The smallest absolute Gasteiger partial charge is 0.158 e. The van der Waals surface area contributed by atoms with Gasteiger partial charge in [0.2, 0.25) is 0 Å². The Kier molecular flexibility index (Phi) is 14.2. The highest BCUT2D eigenvalue weighted by atomic mass is 16.3. The van der Waals surface area contributed by atoms with Gasteiger partial charge in [-0.25, -0.2) is 0 Å². The highest BCUT2D eigenvalue weighted by Crippen LogP contribution is 2.78. The number of rotatable bonds is 4. The lowest BCUT2D eigenvalue weighted by Crippen LogP contribution is -2.31. The van der Waals surface area contributed by atoms with Crippen LogP contribution in [0.4, 0.5) is 0 Å². The molecule has 6 nitrogen and oxygen atoms in total. The minimum absolute atomic E-state index is 0.259. The Labute approximate surface area is 341 Å². The predicted molar refractivity (Wildman–Crippen MR) is 229 cm³/mol. The van der Waals surface area contributed by atoms with Crippen LogP contribution < -0.4 is 0 Å². The Balaban J connectivity index is 0.000000150. The van der Waals surface area contributed by atoms with Crippen molar-refractivity contribution in [2.24, 2.45) is 45.3 Å². The lowest BCUT2D eigenvalue weighted by atomic mass is 9.86. The standard InChI is InChI=1S/2C10H18O.C8H14O.2C8H12O.C6H8O/c1-7(2)10-5-4-9(3,11)8(10)6-10;1-4-10-6-5-9(3,11)8(10,2)7-10;1-7-5-6(7)3-4-8(7,2)9;1-6(2)7-3-4-8(9)5-7;1-3-7-4-5-8(9)6(7)2;1-5-3-2-4-6(5)7/h7-8,11H,4-6H2,1-3H3;11H,4-7H2,1-3H3;6,9H,3-5H2,1-2H3;5-6H,3-4H2,1-2H3;3-5H2,1-2H3;3H,2,4H2,1H3/t2*8-,9-,10-;6-,7+,8-;;;/m011.../s1. The van der Waals surface area contributed by atoms with Crippen molar-refractivity contribution >= 4 is 17.3 Å². The van der Waals surface area contributed by atoms with Crippen LogP contribution in [0.15, 0.2) is 34.4 Å². The maximum Gasteiger partial charge on any atom is 0.158 e. The maximum atomic E-state index is 10.9. The third-order valence-electron chi connectivity index (χ3n) is 17.5. The molecule has 0 aromatic rings. The summed E-state index contributed by atoms with van der Waals surface area (Å²) in [6, 6.07) is 0. The van der Waals surface area contributed by atoms with E-state index < -0.39 is 0 Å². The number of hydrogen-bond acceptors (Lipinski definition) is 6. The molecule has 3 N–H and O–H groups in total. The van der Waals surface area contributed by atoms with Crippen molar-refractivity contribution in [1.29, 1.82) is 0 Å². The van der Waals surface area contributed by atoms with Crippen LogP contribution in [0.3, 0.4) is 0 Å². The third kappa shape index (κ3) is 9.44. The van der Waals surface area contributed by atoms with E-state index in [9.17, 15) is 29.7 Å². The summed E-state index contributed by atoms with van der Waals surface area (Å²) in [7, 11) is 0. The zero-order valence-electron chi connectivity index (χ0n) is 38.1. The number of allylic oxidation sites excluding steroid dienone is 6. The number of ketones is 3. The fourth-order valence-corrected chi connectivity index (χ4v) is 11.6. The van der Waals surface area contributed by atoms with Crippen molar-refractivity contribution < 1.29 is 29.7 Å². The molecule has 6 heteroatoms. The topological polar surface area (TPSA) is 112 Å². The van der Waals surface area contributed by atoms with Crippen molar-refractivity contribution in [3.05, 3.63) is 34.4 Å². The Morgan fingerprint density at radius 2 is 1.41 bits per heavy atom. The van der Waals surface area contributed by atoms with Crippen molar-refractivity contribution in [1.82, 2.24) is 0 Å². The molecule has 0 aromatic carbocycles. The molecule has 9 aliphatic rings. The predicted octanol–water partition coefficient (Wildman–Crippen LogP) is 11.4. The van der Waals surface area contributed by atoms with E-state index in [1.54, 1.807) is 6.08 Å². The molecule has 0 unspecified atom stereocenters. The molecular weight excluding hydrogens is 697 g/mol. The summed E-state index contributed by atoms with van der Waals surface area (Å²) in [4.78, 5) is 32.1.